The Kier molecular flexibility index (Phi) is 7.29. The van der Waals surface area contributed by atoms with Gasteiger partial charge in [0.25, 0.3) is 11.5 Å². The van der Waals surface area contributed by atoms with E-state index in [9.17, 15) is 9.59 Å². The molecule has 0 bridgehead atoms. The van der Waals surface area contributed by atoms with Crippen molar-refractivity contribution in [3.05, 3.63) is 81.1 Å². The molecular formula is C28H29N5O3S2. The van der Waals surface area contributed by atoms with Crippen LogP contribution in [0.3, 0.4) is 0 Å². The first-order chi connectivity index (χ1) is 18.6. The minimum absolute atomic E-state index is 0.00699. The van der Waals surface area contributed by atoms with Gasteiger partial charge in [0.05, 0.1) is 23.1 Å². The Morgan fingerprint density at radius 2 is 1.84 bits per heavy atom. The van der Waals surface area contributed by atoms with E-state index in [1.807, 2.05) is 24.3 Å². The second-order valence-corrected chi connectivity index (χ2v) is 11.4. The number of hydrogen-bond donors (Lipinski definition) is 0. The molecule has 0 aliphatic carbocycles. The molecule has 3 aromatic rings. The van der Waals surface area contributed by atoms with Gasteiger partial charge in [-0.05, 0) is 36.6 Å². The van der Waals surface area contributed by atoms with Crippen molar-refractivity contribution >= 4 is 51.7 Å². The summed E-state index contributed by atoms with van der Waals surface area (Å²) in [6, 6.07) is 16.0. The zero-order valence-electron chi connectivity index (χ0n) is 21.0. The van der Waals surface area contributed by atoms with Crippen LogP contribution >= 0.6 is 24.0 Å². The number of fused-ring (bicyclic) bond motifs is 1. The number of thioether (sulfide) groups is 1. The molecule has 3 saturated heterocycles. The molecule has 3 aliphatic rings. The van der Waals surface area contributed by atoms with E-state index in [4.69, 9.17) is 21.9 Å². The Morgan fingerprint density at radius 1 is 1.05 bits per heavy atom. The second kappa shape index (κ2) is 11.0. The molecule has 1 aromatic carbocycles. The fourth-order valence-electron chi connectivity index (χ4n) is 5.20. The lowest BCUT2D eigenvalue weighted by Crippen LogP contribution is -2.47. The van der Waals surface area contributed by atoms with Crippen molar-refractivity contribution in [3.8, 4) is 0 Å². The maximum atomic E-state index is 13.7. The second-order valence-electron chi connectivity index (χ2n) is 9.76. The molecule has 1 amide bonds. The summed E-state index contributed by atoms with van der Waals surface area (Å²) in [5.41, 5.74) is 2.10. The number of carbonyl (C=O) groups excluding carboxylic acids is 1. The standard InChI is InChI=1S/C28H29N5O3S2/c34-26-22(17-23-27(35)33(28(37)38-23)19-21-9-6-16-36-21)25(29-24-10-4-5-11-32(24)26)31-14-12-30(13-15-31)18-20-7-2-1-3-8-20/h1-5,7-8,10-11,17,21H,6,9,12-16,18-19H2. The normalized spacial score (nSPS) is 21.8. The number of thiocarbonyl (C=S) groups is 1. The van der Waals surface area contributed by atoms with E-state index in [2.05, 4.69) is 34.1 Å². The molecule has 3 fully saturated rings. The van der Waals surface area contributed by atoms with Gasteiger partial charge in [0.1, 0.15) is 15.8 Å². The van der Waals surface area contributed by atoms with Gasteiger partial charge < -0.3 is 9.64 Å². The molecule has 196 valence electrons. The Balaban J connectivity index is 1.29. The summed E-state index contributed by atoms with van der Waals surface area (Å²) in [7, 11) is 0. The molecule has 0 N–H and O–H groups in total. The van der Waals surface area contributed by atoms with Crippen LogP contribution in [-0.4, -0.2) is 74.8 Å². The Bertz CT molecular complexity index is 1440. The summed E-state index contributed by atoms with van der Waals surface area (Å²) < 4.78 is 7.76. The summed E-state index contributed by atoms with van der Waals surface area (Å²) in [4.78, 5) is 38.5. The van der Waals surface area contributed by atoms with Gasteiger partial charge in [0, 0.05) is 45.5 Å². The molecular weight excluding hydrogens is 518 g/mol. The van der Waals surface area contributed by atoms with Gasteiger partial charge in [0.2, 0.25) is 0 Å². The largest absolute Gasteiger partial charge is 0.376 e. The third kappa shape index (κ3) is 5.13. The van der Waals surface area contributed by atoms with Gasteiger partial charge in [-0.25, -0.2) is 4.98 Å². The van der Waals surface area contributed by atoms with Crippen molar-refractivity contribution in [1.82, 2.24) is 19.2 Å². The molecule has 2 aromatic heterocycles. The average Bonchev–Trinajstić information content (AvgIpc) is 3.55. The molecule has 1 unspecified atom stereocenters. The number of pyridine rings is 1. The Hall–Kier alpha value is -3.05. The first kappa shape index (κ1) is 25.2. The lowest BCUT2D eigenvalue weighted by molar-refractivity contribution is -0.123. The van der Waals surface area contributed by atoms with Crippen LogP contribution in [0.2, 0.25) is 0 Å². The number of nitrogens with zero attached hydrogens (tertiary/aromatic N) is 5. The van der Waals surface area contributed by atoms with Crippen LogP contribution in [0.4, 0.5) is 5.82 Å². The molecule has 0 spiro atoms. The van der Waals surface area contributed by atoms with E-state index >= 15 is 0 Å². The minimum atomic E-state index is -0.193. The number of aromatic nitrogens is 2. The molecule has 8 nitrogen and oxygen atoms in total. The highest BCUT2D eigenvalue weighted by Crippen LogP contribution is 2.34. The van der Waals surface area contributed by atoms with E-state index in [1.54, 1.807) is 17.2 Å². The topological polar surface area (TPSA) is 70.4 Å². The van der Waals surface area contributed by atoms with Crippen LogP contribution in [0, 0.1) is 0 Å². The lowest BCUT2D eigenvalue weighted by atomic mass is 10.2. The summed E-state index contributed by atoms with van der Waals surface area (Å²) in [5, 5.41) is 0. The van der Waals surface area contributed by atoms with E-state index < -0.39 is 0 Å². The van der Waals surface area contributed by atoms with Crippen molar-refractivity contribution in [2.75, 3.05) is 44.2 Å². The van der Waals surface area contributed by atoms with Crippen molar-refractivity contribution in [3.63, 3.8) is 0 Å². The number of hydrogen-bond acceptors (Lipinski definition) is 8. The monoisotopic (exact) mass is 547 g/mol. The Morgan fingerprint density at radius 3 is 2.61 bits per heavy atom. The fourth-order valence-corrected chi connectivity index (χ4v) is 6.46. The van der Waals surface area contributed by atoms with E-state index in [1.165, 1.54) is 21.7 Å². The number of anilines is 1. The van der Waals surface area contributed by atoms with E-state index in [-0.39, 0.29) is 17.6 Å². The average molecular weight is 548 g/mol. The van der Waals surface area contributed by atoms with Gasteiger partial charge in [-0.2, -0.15) is 0 Å². The van der Waals surface area contributed by atoms with Crippen molar-refractivity contribution in [2.24, 2.45) is 0 Å². The maximum Gasteiger partial charge on any atom is 0.267 e. The summed E-state index contributed by atoms with van der Waals surface area (Å²) in [6.07, 6.45) is 5.33. The van der Waals surface area contributed by atoms with Crippen LogP contribution in [0.15, 0.2) is 64.4 Å². The van der Waals surface area contributed by atoms with E-state index in [0.717, 1.165) is 52.2 Å². The summed E-state index contributed by atoms with van der Waals surface area (Å²) in [5.74, 6) is 0.441. The van der Waals surface area contributed by atoms with Gasteiger partial charge >= 0.3 is 0 Å². The molecule has 1 atom stereocenters. The fraction of sp³-hybridized carbons (Fsp3) is 0.357. The van der Waals surface area contributed by atoms with Crippen LogP contribution in [-0.2, 0) is 16.1 Å². The van der Waals surface area contributed by atoms with Crippen LogP contribution in [0.5, 0.6) is 0 Å². The predicted molar refractivity (Wildman–Crippen MR) is 154 cm³/mol. The van der Waals surface area contributed by atoms with E-state index in [0.29, 0.717) is 32.8 Å². The third-order valence-electron chi connectivity index (χ3n) is 7.23. The first-order valence-electron chi connectivity index (χ1n) is 13.0. The molecule has 10 heteroatoms. The van der Waals surface area contributed by atoms with Crippen molar-refractivity contribution in [2.45, 2.75) is 25.5 Å². The van der Waals surface area contributed by atoms with Crippen LogP contribution in [0.25, 0.3) is 11.7 Å². The number of piperazine rings is 1. The summed E-state index contributed by atoms with van der Waals surface area (Å²) >= 11 is 6.78. The highest BCUT2D eigenvalue weighted by Gasteiger charge is 2.35. The van der Waals surface area contributed by atoms with Crippen LogP contribution < -0.4 is 10.5 Å². The lowest BCUT2D eigenvalue weighted by Gasteiger charge is -2.36. The molecule has 38 heavy (non-hydrogen) atoms. The summed E-state index contributed by atoms with van der Waals surface area (Å²) in [6.45, 7) is 5.25. The van der Waals surface area contributed by atoms with Crippen molar-refractivity contribution < 1.29 is 9.53 Å². The number of carbonyl (C=O) groups is 1. The van der Waals surface area contributed by atoms with Gasteiger partial charge in [-0.3, -0.25) is 23.8 Å². The van der Waals surface area contributed by atoms with Gasteiger partial charge in [-0.1, -0.05) is 60.4 Å². The number of amides is 1. The molecule has 6 rings (SSSR count). The van der Waals surface area contributed by atoms with Crippen LogP contribution in [0.1, 0.15) is 24.0 Å². The highest BCUT2D eigenvalue weighted by molar-refractivity contribution is 8.26. The SMILES string of the molecule is O=C1C(=Cc2c(N3CCN(Cc4ccccc4)CC3)nc3ccccn3c2=O)SC(=S)N1CC1CCCO1. The molecule has 3 aliphatic heterocycles. The smallest absolute Gasteiger partial charge is 0.267 e. The van der Waals surface area contributed by atoms with Gasteiger partial charge in [0.15, 0.2) is 0 Å². The number of benzene rings is 1. The minimum Gasteiger partial charge on any atom is -0.376 e. The third-order valence-corrected chi connectivity index (χ3v) is 8.61. The van der Waals surface area contributed by atoms with Crippen molar-refractivity contribution in [1.29, 1.82) is 0 Å². The first-order valence-corrected chi connectivity index (χ1v) is 14.2. The quantitative estimate of drug-likeness (QED) is 0.344. The molecule has 0 radical (unpaired) electrons. The zero-order chi connectivity index (χ0) is 26.1. The zero-order valence-corrected chi connectivity index (χ0v) is 22.6. The highest BCUT2D eigenvalue weighted by atomic mass is 32.2. The predicted octanol–water partition coefficient (Wildman–Crippen LogP) is 3.40. The number of rotatable bonds is 6. The number of ether oxygens (including phenoxy) is 1. The Labute approximate surface area is 230 Å². The maximum absolute atomic E-state index is 13.7. The van der Waals surface area contributed by atoms with Gasteiger partial charge in [-0.15, -0.1) is 0 Å². The molecule has 5 heterocycles. The molecule has 0 saturated carbocycles.